The number of anilines is 1. The third kappa shape index (κ3) is 7.86. The Hall–Kier alpha value is -5.10. The van der Waals surface area contributed by atoms with E-state index in [2.05, 4.69) is 5.32 Å². The van der Waals surface area contributed by atoms with Gasteiger partial charge in [-0.15, -0.1) is 0 Å². The Kier molecular flexibility index (Phi) is 10.5. The summed E-state index contributed by atoms with van der Waals surface area (Å²) in [5, 5.41) is 13.1. The van der Waals surface area contributed by atoms with Gasteiger partial charge in [0, 0.05) is 36.6 Å². The summed E-state index contributed by atoms with van der Waals surface area (Å²) in [6.07, 6.45) is 0.344. The van der Waals surface area contributed by atoms with Crippen molar-refractivity contribution in [3.8, 4) is 0 Å². The first-order valence-electron chi connectivity index (χ1n) is 17.5. The van der Waals surface area contributed by atoms with E-state index in [0.717, 1.165) is 22.4 Å². The van der Waals surface area contributed by atoms with E-state index in [1.807, 2.05) is 59.5 Å². The summed E-state index contributed by atoms with van der Waals surface area (Å²) in [4.78, 5) is 74.0. The van der Waals surface area contributed by atoms with Gasteiger partial charge in [-0.2, -0.15) is 0 Å². The van der Waals surface area contributed by atoms with Crippen molar-refractivity contribution < 1.29 is 33.8 Å². The van der Waals surface area contributed by atoms with Crippen LogP contribution in [-0.4, -0.2) is 99.1 Å². The molecule has 2 atom stereocenters. The van der Waals surface area contributed by atoms with Crippen LogP contribution in [0.2, 0.25) is 5.02 Å². The number of carboxylic acid groups (broad SMARTS) is 1. The van der Waals surface area contributed by atoms with Gasteiger partial charge in [0.2, 0.25) is 11.8 Å². The van der Waals surface area contributed by atoms with Crippen molar-refractivity contribution in [1.29, 1.82) is 0 Å². The maximum atomic E-state index is 14.4. The summed E-state index contributed by atoms with van der Waals surface area (Å²) in [6, 6.07) is 22.1. The highest BCUT2D eigenvalue weighted by Gasteiger charge is 2.54. The van der Waals surface area contributed by atoms with Crippen LogP contribution in [0.25, 0.3) is 0 Å². The van der Waals surface area contributed by atoms with Crippen LogP contribution in [0.1, 0.15) is 50.3 Å². The van der Waals surface area contributed by atoms with E-state index in [1.54, 1.807) is 49.9 Å². The van der Waals surface area contributed by atoms with E-state index in [9.17, 15) is 29.1 Å². The minimum Gasteiger partial charge on any atom is -0.480 e. The van der Waals surface area contributed by atoms with E-state index in [0.29, 0.717) is 5.02 Å². The summed E-state index contributed by atoms with van der Waals surface area (Å²) < 4.78 is 5.70. The average Bonchev–Trinajstić information content (AvgIpc) is 3.37. The van der Waals surface area contributed by atoms with E-state index in [4.69, 9.17) is 16.3 Å². The first kappa shape index (κ1) is 36.7. The van der Waals surface area contributed by atoms with E-state index in [-0.39, 0.29) is 63.8 Å². The van der Waals surface area contributed by atoms with Crippen molar-refractivity contribution >= 4 is 47.1 Å². The summed E-state index contributed by atoms with van der Waals surface area (Å²) in [5.41, 5.74) is 1.62. The maximum Gasteiger partial charge on any atom is 0.411 e. The number of carbonyl (C=O) groups is 5. The molecule has 1 spiro atoms. The largest absolute Gasteiger partial charge is 0.480 e. The number of likely N-dealkylation sites (tertiary alicyclic amines) is 1. The second kappa shape index (κ2) is 14.9. The highest BCUT2D eigenvalue weighted by Crippen LogP contribution is 2.39. The fraction of sp³-hybridized carbons (Fsp3) is 0.410. The third-order valence-corrected chi connectivity index (χ3v) is 10.2. The standard InChI is InChI=1S/C39H44ClN5O7/c1-38(2,3)52-37(51)44-23-28-10-8-7-9-27(28)22-32(44)34(48)41-31(21-26-13-15-29(40)16-14-26)35(49)42-19-17-39(18-20-42)36(50)43(24-33(46)47)25-45(39)30-11-5-4-6-12-30/h4-16,31-32H,17-25H2,1-3H3,(H,41,48)(H,46,47)/t31-,32-/m1/s1. The number of halogens is 1. The molecule has 0 bridgehead atoms. The zero-order valence-corrected chi connectivity index (χ0v) is 30.3. The number of nitrogens with zero attached hydrogens (tertiary/aromatic N) is 4. The molecule has 3 aliphatic heterocycles. The van der Waals surface area contributed by atoms with Crippen LogP contribution in [0.5, 0.6) is 0 Å². The van der Waals surface area contributed by atoms with Crippen LogP contribution in [0.3, 0.4) is 0 Å². The molecule has 0 aliphatic carbocycles. The number of nitrogens with one attached hydrogen (secondary N) is 1. The fourth-order valence-corrected chi connectivity index (χ4v) is 7.52. The van der Waals surface area contributed by atoms with Crippen molar-refractivity contribution in [1.82, 2.24) is 20.0 Å². The number of rotatable bonds is 8. The normalized spacial score (nSPS) is 18.9. The molecule has 0 saturated carbocycles. The van der Waals surface area contributed by atoms with Crippen LogP contribution in [0.15, 0.2) is 78.9 Å². The Morgan fingerprint density at radius 2 is 1.58 bits per heavy atom. The Balaban J connectivity index is 1.25. The molecule has 3 aliphatic rings. The Labute approximate surface area is 308 Å². The van der Waals surface area contributed by atoms with Crippen molar-refractivity contribution in [3.05, 3.63) is 101 Å². The predicted molar refractivity (Wildman–Crippen MR) is 194 cm³/mol. The number of benzene rings is 3. The van der Waals surface area contributed by atoms with Gasteiger partial charge < -0.3 is 29.9 Å². The van der Waals surface area contributed by atoms with Gasteiger partial charge in [-0.05, 0) is 74.6 Å². The number of hydrogen-bond donors (Lipinski definition) is 2. The SMILES string of the molecule is CC(C)(C)OC(=O)N1Cc2ccccc2C[C@@H]1C(=O)N[C@H](Cc1ccc(Cl)cc1)C(=O)N1CCC2(CC1)C(=O)N(CC(=O)O)CN2c1ccccc1. The number of hydrogen-bond acceptors (Lipinski definition) is 7. The number of fused-ring (bicyclic) bond motifs is 1. The number of carboxylic acids is 1. The van der Waals surface area contributed by atoms with Crippen molar-refractivity contribution in [2.45, 2.75) is 76.2 Å². The molecule has 3 aromatic carbocycles. The first-order chi connectivity index (χ1) is 24.7. The van der Waals surface area contributed by atoms with Crippen LogP contribution in [0.4, 0.5) is 10.5 Å². The molecule has 52 heavy (non-hydrogen) atoms. The molecule has 0 unspecified atom stereocenters. The van der Waals surface area contributed by atoms with E-state index >= 15 is 0 Å². The minimum atomic E-state index is -1.10. The molecule has 274 valence electrons. The lowest BCUT2D eigenvalue weighted by Crippen LogP contribution is -2.61. The number of para-hydroxylation sites is 1. The lowest BCUT2D eigenvalue weighted by atomic mass is 9.85. The summed E-state index contributed by atoms with van der Waals surface area (Å²) in [5.74, 6) is -2.18. The van der Waals surface area contributed by atoms with E-state index < -0.39 is 47.7 Å². The molecule has 13 heteroatoms. The van der Waals surface area contributed by atoms with Crippen LogP contribution in [0, 0.1) is 0 Å². The molecule has 0 radical (unpaired) electrons. The Morgan fingerprint density at radius 1 is 0.942 bits per heavy atom. The highest BCUT2D eigenvalue weighted by atomic mass is 35.5. The van der Waals surface area contributed by atoms with Crippen molar-refractivity contribution in [2.75, 3.05) is 31.2 Å². The molecule has 12 nitrogen and oxygen atoms in total. The number of amides is 4. The number of carbonyl (C=O) groups excluding carboxylic acids is 4. The van der Waals surface area contributed by atoms with Gasteiger partial charge in [0.1, 0.15) is 29.8 Å². The summed E-state index contributed by atoms with van der Waals surface area (Å²) in [6.45, 7) is 5.60. The second-order valence-corrected chi connectivity index (χ2v) is 15.1. The zero-order valence-electron chi connectivity index (χ0n) is 29.6. The van der Waals surface area contributed by atoms with Crippen molar-refractivity contribution in [3.63, 3.8) is 0 Å². The zero-order chi connectivity index (χ0) is 37.2. The number of ether oxygens (including phenoxy) is 1. The quantitative estimate of drug-likeness (QED) is 0.346. The predicted octanol–water partition coefficient (Wildman–Crippen LogP) is 4.48. The van der Waals surface area contributed by atoms with Crippen LogP contribution >= 0.6 is 11.6 Å². The van der Waals surface area contributed by atoms with Crippen LogP contribution in [-0.2, 0) is 43.3 Å². The van der Waals surface area contributed by atoms with Gasteiger partial charge >= 0.3 is 12.1 Å². The summed E-state index contributed by atoms with van der Waals surface area (Å²) in [7, 11) is 0. The molecule has 4 amide bonds. The second-order valence-electron chi connectivity index (χ2n) is 14.6. The molecule has 3 aromatic rings. The van der Waals surface area contributed by atoms with Gasteiger partial charge in [-0.1, -0.05) is 66.2 Å². The lowest BCUT2D eigenvalue weighted by Gasteiger charge is -2.44. The van der Waals surface area contributed by atoms with Crippen LogP contribution < -0.4 is 10.2 Å². The van der Waals surface area contributed by atoms with Gasteiger partial charge in [0.05, 0.1) is 13.2 Å². The molecule has 3 heterocycles. The van der Waals surface area contributed by atoms with Gasteiger partial charge in [-0.25, -0.2) is 4.79 Å². The van der Waals surface area contributed by atoms with Gasteiger partial charge in [0.25, 0.3) is 5.91 Å². The van der Waals surface area contributed by atoms with E-state index in [1.165, 1.54) is 9.80 Å². The first-order valence-corrected chi connectivity index (χ1v) is 17.9. The Bertz CT molecular complexity index is 1820. The molecule has 2 fully saturated rings. The fourth-order valence-electron chi connectivity index (χ4n) is 7.40. The molecular formula is C39H44ClN5O7. The van der Waals surface area contributed by atoms with Gasteiger partial charge in [0.15, 0.2) is 0 Å². The van der Waals surface area contributed by atoms with Crippen molar-refractivity contribution in [2.24, 2.45) is 0 Å². The molecule has 6 rings (SSSR count). The Morgan fingerprint density at radius 3 is 2.21 bits per heavy atom. The van der Waals surface area contributed by atoms with Gasteiger partial charge in [-0.3, -0.25) is 24.1 Å². The minimum absolute atomic E-state index is 0.122. The molecule has 2 N–H and O–H groups in total. The number of piperidine rings is 1. The average molecular weight is 730 g/mol. The monoisotopic (exact) mass is 729 g/mol. The smallest absolute Gasteiger partial charge is 0.411 e. The highest BCUT2D eigenvalue weighted by molar-refractivity contribution is 6.30. The topological polar surface area (TPSA) is 140 Å². The maximum absolute atomic E-state index is 14.4. The summed E-state index contributed by atoms with van der Waals surface area (Å²) >= 11 is 6.15. The number of aliphatic carboxylic acids is 1. The molecular weight excluding hydrogens is 686 g/mol. The lowest BCUT2D eigenvalue weighted by molar-refractivity contribution is -0.145. The third-order valence-electron chi connectivity index (χ3n) is 9.96. The molecule has 0 aromatic heterocycles. The molecule has 2 saturated heterocycles.